The lowest BCUT2D eigenvalue weighted by atomic mass is 9.91. The summed E-state index contributed by atoms with van der Waals surface area (Å²) in [6.45, 7) is 8.02. The number of aryl methyl sites for hydroxylation is 1. The highest BCUT2D eigenvalue weighted by atomic mass is 16.2. The molecule has 1 aromatic carbocycles. The predicted octanol–water partition coefficient (Wildman–Crippen LogP) is 1.92. The van der Waals surface area contributed by atoms with Crippen LogP contribution in [0, 0.1) is 12.8 Å². The second-order valence-corrected chi connectivity index (χ2v) is 6.84. The fourth-order valence-corrected chi connectivity index (χ4v) is 2.62. The molecule has 1 heterocycles. The Labute approximate surface area is 142 Å². The average molecular weight is 331 g/mol. The van der Waals surface area contributed by atoms with E-state index in [1.807, 2.05) is 31.2 Å². The summed E-state index contributed by atoms with van der Waals surface area (Å²) in [5, 5.41) is 5.45. The third kappa shape index (κ3) is 3.75. The standard InChI is InChI=1S/C18H25N3O3/c1-12(2)9-10-19-15(22)11-21-16(23)18(4,20-17(21)24)14-7-5-13(3)6-8-14/h5-8,12H,9-11H2,1-4H3,(H,19,22)(H,20,24)/t18-/m1/s1. The molecule has 1 aromatic rings. The monoisotopic (exact) mass is 331 g/mol. The molecule has 0 saturated carbocycles. The first-order chi connectivity index (χ1) is 11.2. The molecule has 24 heavy (non-hydrogen) atoms. The minimum atomic E-state index is -1.14. The number of imide groups is 1. The van der Waals surface area contributed by atoms with E-state index in [1.54, 1.807) is 6.92 Å². The van der Waals surface area contributed by atoms with Crippen molar-refractivity contribution in [3.63, 3.8) is 0 Å². The van der Waals surface area contributed by atoms with Gasteiger partial charge in [0.25, 0.3) is 5.91 Å². The van der Waals surface area contributed by atoms with Gasteiger partial charge in [-0.25, -0.2) is 4.79 Å². The molecule has 1 fully saturated rings. The Morgan fingerprint density at radius 1 is 1.25 bits per heavy atom. The molecule has 0 unspecified atom stereocenters. The van der Waals surface area contributed by atoms with Gasteiger partial charge in [-0.15, -0.1) is 0 Å². The summed E-state index contributed by atoms with van der Waals surface area (Å²) >= 11 is 0. The maximum Gasteiger partial charge on any atom is 0.325 e. The Morgan fingerprint density at radius 2 is 1.88 bits per heavy atom. The van der Waals surface area contributed by atoms with Gasteiger partial charge in [0.05, 0.1) is 0 Å². The van der Waals surface area contributed by atoms with Crippen LogP contribution in [0.3, 0.4) is 0 Å². The quantitative estimate of drug-likeness (QED) is 0.782. The van der Waals surface area contributed by atoms with Crippen LogP contribution in [0.25, 0.3) is 0 Å². The van der Waals surface area contributed by atoms with E-state index in [2.05, 4.69) is 24.5 Å². The summed E-state index contributed by atoms with van der Waals surface area (Å²) in [5.74, 6) is -0.255. The molecule has 130 valence electrons. The third-order valence-electron chi connectivity index (χ3n) is 4.25. The molecule has 0 aromatic heterocycles. The number of carbonyl (C=O) groups is 3. The Bertz CT molecular complexity index is 639. The fraction of sp³-hybridized carbons (Fsp3) is 0.500. The van der Waals surface area contributed by atoms with Crippen LogP contribution in [0.1, 0.15) is 38.3 Å². The molecule has 4 amide bonds. The van der Waals surface area contributed by atoms with Crippen LogP contribution < -0.4 is 10.6 Å². The van der Waals surface area contributed by atoms with E-state index in [-0.39, 0.29) is 12.5 Å². The van der Waals surface area contributed by atoms with Crippen molar-refractivity contribution in [2.24, 2.45) is 5.92 Å². The van der Waals surface area contributed by atoms with Gasteiger partial charge in [0.2, 0.25) is 5.91 Å². The number of carbonyl (C=O) groups excluding carboxylic acids is 3. The SMILES string of the molecule is Cc1ccc([C@@]2(C)NC(=O)N(CC(=O)NCCC(C)C)C2=O)cc1. The molecule has 2 rings (SSSR count). The van der Waals surface area contributed by atoms with Gasteiger partial charge in [0.15, 0.2) is 0 Å². The van der Waals surface area contributed by atoms with Crippen LogP contribution >= 0.6 is 0 Å². The number of rotatable bonds is 6. The lowest BCUT2D eigenvalue weighted by Crippen LogP contribution is -2.43. The Hall–Kier alpha value is -2.37. The molecular weight excluding hydrogens is 306 g/mol. The van der Waals surface area contributed by atoms with Crippen LogP contribution in [0.2, 0.25) is 0 Å². The molecule has 1 aliphatic heterocycles. The molecule has 0 radical (unpaired) electrons. The van der Waals surface area contributed by atoms with E-state index in [1.165, 1.54) is 0 Å². The zero-order valence-electron chi connectivity index (χ0n) is 14.7. The van der Waals surface area contributed by atoms with Gasteiger partial charge in [0, 0.05) is 6.54 Å². The summed E-state index contributed by atoms with van der Waals surface area (Å²) in [6, 6.07) is 6.88. The zero-order valence-corrected chi connectivity index (χ0v) is 14.7. The van der Waals surface area contributed by atoms with Crippen LogP contribution in [0.5, 0.6) is 0 Å². The van der Waals surface area contributed by atoms with Crippen molar-refractivity contribution in [2.45, 2.75) is 39.7 Å². The van der Waals surface area contributed by atoms with E-state index < -0.39 is 17.5 Å². The van der Waals surface area contributed by atoms with E-state index in [9.17, 15) is 14.4 Å². The smallest absolute Gasteiger partial charge is 0.325 e. The first kappa shape index (κ1) is 18.0. The molecule has 6 heteroatoms. The Balaban J connectivity index is 2.05. The van der Waals surface area contributed by atoms with E-state index in [0.717, 1.165) is 16.9 Å². The van der Waals surface area contributed by atoms with Gasteiger partial charge in [-0.3, -0.25) is 14.5 Å². The number of urea groups is 1. The molecule has 1 aliphatic rings. The largest absolute Gasteiger partial charge is 0.355 e. The number of nitrogens with one attached hydrogen (secondary N) is 2. The Kier molecular flexibility index (Phi) is 5.26. The maximum atomic E-state index is 12.7. The average Bonchev–Trinajstić information content (AvgIpc) is 2.72. The van der Waals surface area contributed by atoms with E-state index in [0.29, 0.717) is 18.0 Å². The second-order valence-electron chi connectivity index (χ2n) is 6.84. The van der Waals surface area contributed by atoms with Crippen LogP contribution in [0.15, 0.2) is 24.3 Å². The molecule has 1 saturated heterocycles. The van der Waals surface area contributed by atoms with Crippen molar-refractivity contribution in [3.05, 3.63) is 35.4 Å². The topological polar surface area (TPSA) is 78.5 Å². The molecule has 2 N–H and O–H groups in total. The molecule has 0 bridgehead atoms. The molecule has 0 spiro atoms. The van der Waals surface area contributed by atoms with Gasteiger partial charge >= 0.3 is 6.03 Å². The molecule has 1 atom stereocenters. The minimum absolute atomic E-state index is 0.260. The van der Waals surface area contributed by atoms with Gasteiger partial charge in [-0.2, -0.15) is 0 Å². The number of amides is 4. The summed E-state index contributed by atoms with van der Waals surface area (Å²) in [7, 11) is 0. The normalized spacial score (nSPS) is 20.5. The van der Waals surface area contributed by atoms with Crippen molar-refractivity contribution >= 4 is 17.8 Å². The van der Waals surface area contributed by atoms with Gasteiger partial charge < -0.3 is 10.6 Å². The molecule has 6 nitrogen and oxygen atoms in total. The van der Waals surface area contributed by atoms with Crippen molar-refractivity contribution in [3.8, 4) is 0 Å². The third-order valence-corrected chi connectivity index (χ3v) is 4.25. The van der Waals surface area contributed by atoms with Gasteiger partial charge in [-0.1, -0.05) is 43.7 Å². The number of benzene rings is 1. The second kappa shape index (κ2) is 7.03. The number of nitrogens with zero attached hydrogens (tertiary/aromatic N) is 1. The first-order valence-electron chi connectivity index (χ1n) is 8.22. The number of hydrogen-bond donors (Lipinski definition) is 2. The highest BCUT2D eigenvalue weighted by molar-refractivity contribution is 6.09. The zero-order chi connectivity index (χ0) is 17.9. The highest BCUT2D eigenvalue weighted by Crippen LogP contribution is 2.28. The van der Waals surface area contributed by atoms with Crippen LogP contribution in [-0.2, 0) is 15.1 Å². The highest BCUT2D eigenvalue weighted by Gasteiger charge is 2.49. The van der Waals surface area contributed by atoms with E-state index in [4.69, 9.17) is 0 Å². The van der Waals surface area contributed by atoms with Crippen LogP contribution in [0.4, 0.5) is 4.79 Å². The predicted molar refractivity (Wildman–Crippen MR) is 91.2 cm³/mol. The van der Waals surface area contributed by atoms with Gasteiger partial charge in [0.1, 0.15) is 12.1 Å². The van der Waals surface area contributed by atoms with Crippen LogP contribution in [-0.4, -0.2) is 35.8 Å². The Morgan fingerprint density at radius 3 is 2.46 bits per heavy atom. The first-order valence-corrected chi connectivity index (χ1v) is 8.22. The van der Waals surface area contributed by atoms with Crippen molar-refractivity contribution < 1.29 is 14.4 Å². The lowest BCUT2D eigenvalue weighted by molar-refractivity contribution is -0.134. The minimum Gasteiger partial charge on any atom is -0.355 e. The summed E-state index contributed by atoms with van der Waals surface area (Å²) in [4.78, 5) is 37.8. The van der Waals surface area contributed by atoms with Gasteiger partial charge in [-0.05, 0) is 31.7 Å². The van der Waals surface area contributed by atoms with Crippen molar-refractivity contribution in [1.82, 2.24) is 15.5 Å². The van der Waals surface area contributed by atoms with Crippen molar-refractivity contribution in [1.29, 1.82) is 0 Å². The molecule has 0 aliphatic carbocycles. The summed E-state index contributed by atoms with van der Waals surface area (Å²) < 4.78 is 0. The fourth-order valence-electron chi connectivity index (χ4n) is 2.62. The molecular formula is C18H25N3O3. The van der Waals surface area contributed by atoms with Crippen molar-refractivity contribution in [2.75, 3.05) is 13.1 Å². The summed E-state index contributed by atoms with van der Waals surface area (Å²) in [6.07, 6.45) is 0.854. The maximum absolute atomic E-state index is 12.7. The number of hydrogen-bond acceptors (Lipinski definition) is 3. The lowest BCUT2D eigenvalue weighted by Gasteiger charge is -2.22. The van der Waals surface area contributed by atoms with E-state index >= 15 is 0 Å². The summed E-state index contributed by atoms with van der Waals surface area (Å²) in [5.41, 5.74) is 0.637.